The van der Waals surface area contributed by atoms with E-state index >= 15 is 0 Å². The highest BCUT2D eigenvalue weighted by atomic mass is 16.5. The maximum Gasteiger partial charge on any atom is 0.243 e. The smallest absolute Gasteiger partial charge is 0.243 e. The fourth-order valence-electron chi connectivity index (χ4n) is 2.58. The summed E-state index contributed by atoms with van der Waals surface area (Å²) < 4.78 is 5.03. The maximum atomic E-state index is 12.1. The molecule has 1 aliphatic rings. The van der Waals surface area contributed by atoms with Crippen LogP contribution in [0.15, 0.2) is 53.6 Å². The number of ether oxygens (including phenoxy) is 1. The third-order valence-electron chi connectivity index (χ3n) is 3.95. The number of aromatic hydroxyl groups is 1. The molecule has 118 valence electrons. The number of methoxy groups -OCH3 is 1. The minimum absolute atomic E-state index is 0.0103. The molecule has 0 unspecified atom stereocenters. The van der Waals surface area contributed by atoms with Crippen LogP contribution in [0.25, 0.3) is 0 Å². The van der Waals surface area contributed by atoms with Gasteiger partial charge in [0.05, 0.1) is 13.3 Å². The largest absolute Gasteiger partial charge is 0.504 e. The van der Waals surface area contributed by atoms with E-state index in [9.17, 15) is 9.90 Å². The molecule has 2 aromatic rings. The standard InChI is InChI=1S/C18H18N2O3/c1-23-17-9-12(7-8-16(17)21)11-19-20-18(22)15-10-14(15)13-5-3-2-4-6-13/h2-9,11,14-15,21H,10H2,1H3,(H,20,22)/b19-11+/t14-,15+/m0/s1. The molecular weight excluding hydrogens is 292 g/mol. The Hall–Kier alpha value is -2.82. The average molecular weight is 310 g/mol. The van der Waals surface area contributed by atoms with Gasteiger partial charge in [-0.25, -0.2) is 5.43 Å². The summed E-state index contributed by atoms with van der Waals surface area (Å²) in [6.45, 7) is 0. The zero-order valence-corrected chi connectivity index (χ0v) is 12.8. The quantitative estimate of drug-likeness (QED) is 0.659. The van der Waals surface area contributed by atoms with Gasteiger partial charge in [0.1, 0.15) is 0 Å². The molecular formula is C18H18N2O3. The molecule has 0 radical (unpaired) electrons. The van der Waals surface area contributed by atoms with Gasteiger partial charge in [-0.1, -0.05) is 30.3 Å². The summed E-state index contributed by atoms with van der Waals surface area (Å²) in [4.78, 5) is 12.1. The lowest BCUT2D eigenvalue weighted by Crippen LogP contribution is -2.20. The fraction of sp³-hybridized carbons (Fsp3) is 0.222. The van der Waals surface area contributed by atoms with Crippen LogP contribution in [0.1, 0.15) is 23.5 Å². The van der Waals surface area contributed by atoms with Gasteiger partial charge in [0.15, 0.2) is 11.5 Å². The monoisotopic (exact) mass is 310 g/mol. The molecule has 1 amide bonds. The van der Waals surface area contributed by atoms with Crippen LogP contribution < -0.4 is 10.2 Å². The van der Waals surface area contributed by atoms with E-state index in [0.717, 1.165) is 12.0 Å². The first-order valence-electron chi connectivity index (χ1n) is 7.44. The SMILES string of the molecule is COc1cc(/C=N/NC(=O)[C@@H]2C[C@H]2c2ccccc2)ccc1O. The summed E-state index contributed by atoms with van der Waals surface area (Å²) in [5, 5.41) is 13.5. The second-order valence-electron chi connectivity index (χ2n) is 5.52. The summed E-state index contributed by atoms with van der Waals surface area (Å²) in [5.41, 5.74) is 4.50. The second-order valence-corrected chi connectivity index (χ2v) is 5.52. The van der Waals surface area contributed by atoms with Crippen molar-refractivity contribution in [3.63, 3.8) is 0 Å². The minimum Gasteiger partial charge on any atom is -0.504 e. The number of nitrogens with zero attached hydrogens (tertiary/aromatic N) is 1. The molecule has 0 bridgehead atoms. The number of carbonyl (C=O) groups is 1. The number of nitrogens with one attached hydrogen (secondary N) is 1. The predicted molar refractivity (Wildman–Crippen MR) is 87.7 cm³/mol. The Morgan fingerprint density at radius 2 is 2.09 bits per heavy atom. The molecule has 0 spiro atoms. The summed E-state index contributed by atoms with van der Waals surface area (Å²) >= 11 is 0. The first kappa shape index (κ1) is 15.1. The lowest BCUT2D eigenvalue weighted by atomic mass is 10.1. The minimum atomic E-state index is -0.0687. The van der Waals surface area contributed by atoms with Gasteiger partial charge in [-0.2, -0.15) is 5.10 Å². The molecule has 2 atom stereocenters. The Morgan fingerprint density at radius 3 is 2.83 bits per heavy atom. The number of phenols is 1. The number of carbonyl (C=O) groups excluding carboxylic acids is 1. The van der Waals surface area contributed by atoms with Gasteiger partial charge >= 0.3 is 0 Å². The molecule has 2 aromatic carbocycles. The summed E-state index contributed by atoms with van der Waals surface area (Å²) in [6.07, 6.45) is 2.39. The molecule has 0 heterocycles. The Morgan fingerprint density at radius 1 is 1.30 bits per heavy atom. The van der Waals surface area contributed by atoms with Crippen molar-refractivity contribution in [3.8, 4) is 11.5 Å². The summed E-state index contributed by atoms with van der Waals surface area (Å²) in [5.74, 6) is 0.647. The Balaban J connectivity index is 1.56. The van der Waals surface area contributed by atoms with Crippen LogP contribution in [-0.2, 0) is 4.79 Å². The highest BCUT2D eigenvalue weighted by Crippen LogP contribution is 2.47. The second kappa shape index (κ2) is 6.52. The van der Waals surface area contributed by atoms with Crippen molar-refractivity contribution in [1.82, 2.24) is 5.43 Å². The van der Waals surface area contributed by atoms with Crippen molar-refractivity contribution in [2.45, 2.75) is 12.3 Å². The molecule has 1 saturated carbocycles. The van der Waals surface area contributed by atoms with Gasteiger partial charge in [-0.3, -0.25) is 4.79 Å². The van der Waals surface area contributed by atoms with Crippen molar-refractivity contribution in [2.24, 2.45) is 11.0 Å². The Labute approximate surface area is 134 Å². The zero-order valence-electron chi connectivity index (χ0n) is 12.8. The molecule has 5 nitrogen and oxygen atoms in total. The van der Waals surface area contributed by atoms with Crippen LogP contribution in [0.4, 0.5) is 0 Å². The van der Waals surface area contributed by atoms with Gasteiger partial charge in [0.2, 0.25) is 5.91 Å². The zero-order chi connectivity index (χ0) is 16.2. The van der Waals surface area contributed by atoms with Gasteiger partial charge in [0.25, 0.3) is 0 Å². The molecule has 23 heavy (non-hydrogen) atoms. The summed E-state index contributed by atoms with van der Waals surface area (Å²) in [6, 6.07) is 14.9. The van der Waals surface area contributed by atoms with E-state index in [1.807, 2.05) is 30.3 Å². The number of hydrogen-bond acceptors (Lipinski definition) is 4. The normalized spacial score (nSPS) is 19.5. The predicted octanol–water partition coefficient (Wildman–Crippen LogP) is 2.65. The van der Waals surface area contributed by atoms with Crippen LogP contribution in [0, 0.1) is 5.92 Å². The number of phenolic OH excluding ortho intramolecular Hbond substituents is 1. The fourth-order valence-corrected chi connectivity index (χ4v) is 2.58. The number of amides is 1. The van der Waals surface area contributed by atoms with Gasteiger partial charge in [-0.05, 0) is 41.7 Å². The molecule has 0 aliphatic heterocycles. The number of rotatable bonds is 5. The highest BCUT2D eigenvalue weighted by Gasteiger charge is 2.43. The summed E-state index contributed by atoms with van der Waals surface area (Å²) in [7, 11) is 1.48. The highest BCUT2D eigenvalue weighted by molar-refractivity contribution is 5.86. The molecule has 1 fully saturated rings. The first-order valence-corrected chi connectivity index (χ1v) is 7.44. The third-order valence-corrected chi connectivity index (χ3v) is 3.95. The third kappa shape index (κ3) is 3.51. The van der Waals surface area contributed by atoms with E-state index in [-0.39, 0.29) is 17.6 Å². The van der Waals surface area contributed by atoms with E-state index in [2.05, 4.69) is 10.5 Å². The molecule has 0 aromatic heterocycles. The lowest BCUT2D eigenvalue weighted by Gasteiger charge is -2.03. The van der Waals surface area contributed by atoms with Gasteiger partial charge < -0.3 is 9.84 Å². The molecule has 1 aliphatic carbocycles. The van der Waals surface area contributed by atoms with Crippen LogP contribution in [-0.4, -0.2) is 24.3 Å². The van der Waals surface area contributed by atoms with E-state index < -0.39 is 0 Å². The van der Waals surface area contributed by atoms with E-state index in [0.29, 0.717) is 11.7 Å². The van der Waals surface area contributed by atoms with Crippen molar-refractivity contribution in [3.05, 3.63) is 59.7 Å². The van der Waals surface area contributed by atoms with E-state index in [1.54, 1.807) is 12.1 Å². The van der Waals surface area contributed by atoms with Crippen molar-refractivity contribution < 1.29 is 14.6 Å². The van der Waals surface area contributed by atoms with Crippen molar-refractivity contribution in [2.75, 3.05) is 7.11 Å². The van der Waals surface area contributed by atoms with Crippen LogP contribution in [0.2, 0.25) is 0 Å². The number of hydrogen-bond donors (Lipinski definition) is 2. The molecule has 2 N–H and O–H groups in total. The van der Waals surface area contributed by atoms with E-state index in [1.165, 1.54) is 25.0 Å². The van der Waals surface area contributed by atoms with Crippen molar-refractivity contribution >= 4 is 12.1 Å². The van der Waals surface area contributed by atoms with Crippen LogP contribution >= 0.6 is 0 Å². The molecule has 3 rings (SSSR count). The number of hydrazone groups is 1. The van der Waals surface area contributed by atoms with Gasteiger partial charge in [-0.15, -0.1) is 0 Å². The van der Waals surface area contributed by atoms with E-state index in [4.69, 9.17) is 4.74 Å². The van der Waals surface area contributed by atoms with Gasteiger partial charge in [0, 0.05) is 5.92 Å². The molecule has 0 saturated heterocycles. The van der Waals surface area contributed by atoms with Crippen LogP contribution in [0.3, 0.4) is 0 Å². The van der Waals surface area contributed by atoms with Crippen LogP contribution in [0.5, 0.6) is 11.5 Å². The molecule has 5 heteroatoms. The maximum absolute atomic E-state index is 12.1. The lowest BCUT2D eigenvalue weighted by molar-refractivity contribution is -0.122. The topological polar surface area (TPSA) is 70.9 Å². The van der Waals surface area contributed by atoms with Crippen molar-refractivity contribution in [1.29, 1.82) is 0 Å². The average Bonchev–Trinajstić information content (AvgIpc) is 3.38. The Kier molecular flexibility index (Phi) is 4.28. The first-order chi connectivity index (χ1) is 11.2. The number of benzene rings is 2. The Bertz CT molecular complexity index is 728.